The molecule has 88 valence electrons. The zero-order valence-electron chi connectivity index (χ0n) is 9.78. The van der Waals surface area contributed by atoms with Crippen LogP contribution in [0.3, 0.4) is 0 Å². The highest BCUT2D eigenvalue weighted by molar-refractivity contribution is 7.88. The van der Waals surface area contributed by atoms with Crippen molar-refractivity contribution in [2.45, 2.75) is 39.7 Å². The number of carbonyl (C=O) groups is 1. The molecule has 1 fully saturated rings. The van der Waals surface area contributed by atoms with Crippen molar-refractivity contribution in [2.24, 2.45) is 5.41 Å². The summed E-state index contributed by atoms with van der Waals surface area (Å²) in [4.78, 5) is 12.0. The summed E-state index contributed by atoms with van der Waals surface area (Å²) in [6.07, 6.45) is 2.60. The maximum atomic E-state index is 12.0. The zero-order chi connectivity index (χ0) is 11.9. The van der Waals surface area contributed by atoms with E-state index >= 15 is 0 Å². The van der Waals surface area contributed by atoms with Crippen LogP contribution in [0, 0.1) is 5.41 Å². The van der Waals surface area contributed by atoms with Gasteiger partial charge in [-0.05, 0) is 12.8 Å². The molecular formula is C10H19NO3S. The minimum absolute atomic E-state index is 0.0189. The van der Waals surface area contributed by atoms with E-state index in [-0.39, 0.29) is 5.78 Å². The molecule has 1 atom stereocenters. The average molecular weight is 233 g/mol. The van der Waals surface area contributed by atoms with Crippen molar-refractivity contribution in [1.29, 1.82) is 0 Å². The second kappa shape index (κ2) is 3.87. The normalized spacial score (nSPS) is 24.4. The predicted molar refractivity (Wildman–Crippen MR) is 59.0 cm³/mol. The number of nitrogens with zero attached hydrogens (tertiary/aromatic N) is 1. The molecule has 0 saturated carbocycles. The SMILES string of the molecule is CC(C)(C)C(=O)[C@@H]1CCCN1S(C)(=O)=O. The van der Waals surface area contributed by atoms with E-state index in [1.54, 1.807) is 0 Å². The average Bonchev–Trinajstić information content (AvgIpc) is 2.47. The lowest BCUT2D eigenvalue weighted by molar-refractivity contribution is -0.129. The molecule has 0 N–H and O–H groups in total. The van der Waals surface area contributed by atoms with Gasteiger partial charge in [-0.15, -0.1) is 0 Å². The fourth-order valence-corrected chi connectivity index (χ4v) is 3.02. The Morgan fingerprint density at radius 3 is 2.27 bits per heavy atom. The van der Waals surface area contributed by atoms with Crippen LogP contribution < -0.4 is 0 Å². The number of hydrogen-bond acceptors (Lipinski definition) is 3. The molecular weight excluding hydrogens is 214 g/mol. The molecule has 0 spiro atoms. The number of carbonyl (C=O) groups excluding carboxylic acids is 1. The lowest BCUT2D eigenvalue weighted by Gasteiger charge is -2.27. The Kier molecular flexibility index (Phi) is 3.26. The Balaban J connectivity index is 2.92. The number of hydrogen-bond donors (Lipinski definition) is 0. The van der Waals surface area contributed by atoms with Gasteiger partial charge in [0.25, 0.3) is 0 Å². The monoisotopic (exact) mass is 233 g/mol. The topological polar surface area (TPSA) is 54.5 Å². The Bertz CT molecular complexity index is 353. The molecule has 0 aliphatic carbocycles. The molecule has 0 aromatic heterocycles. The molecule has 1 saturated heterocycles. The molecule has 4 nitrogen and oxygen atoms in total. The summed E-state index contributed by atoms with van der Waals surface area (Å²) in [5.74, 6) is 0.0189. The Labute approximate surface area is 91.7 Å². The van der Waals surface area contributed by atoms with E-state index < -0.39 is 21.5 Å². The highest BCUT2D eigenvalue weighted by atomic mass is 32.2. The van der Waals surface area contributed by atoms with Gasteiger partial charge < -0.3 is 0 Å². The first-order valence-corrected chi connectivity index (χ1v) is 7.00. The van der Waals surface area contributed by atoms with Crippen molar-refractivity contribution in [3.63, 3.8) is 0 Å². The largest absolute Gasteiger partial charge is 0.297 e. The van der Waals surface area contributed by atoms with E-state index in [4.69, 9.17) is 0 Å². The summed E-state index contributed by atoms with van der Waals surface area (Å²) in [7, 11) is -3.24. The second-order valence-corrected chi connectivity index (χ2v) is 7.08. The summed E-state index contributed by atoms with van der Waals surface area (Å²) in [6.45, 7) is 5.96. The lowest BCUT2D eigenvalue weighted by atomic mass is 9.86. The van der Waals surface area contributed by atoms with Gasteiger partial charge in [0.2, 0.25) is 10.0 Å². The molecule has 0 unspecified atom stereocenters. The lowest BCUT2D eigenvalue weighted by Crippen LogP contribution is -2.44. The van der Waals surface area contributed by atoms with Crippen LogP contribution in [0.4, 0.5) is 0 Å². The van der Waals surface area contributed by atoms with Gasteiger partial charge in [0, 0.05) is 12.0 Å². The number of Topliss-reactive ketones (excluding diaryl/α,β-unsaturated/α-hetero) is 1. The van der Waals surface area contributed by atoms with Crippen LogP contribution in [-0.2, 0) is 14.8 Å². The number of sulfonamides is 1. The first kappa shape index (κ1) is 12.6. The van der Waals surface area contributed by atoms with Gasteiger partial charge in [-0.25, -0.2) is 8.42 Å². The summed E-state index contributed by atoms with van der Waals surface area (Å²) < 4.78 is 24.2. The van der Waals surface area contributed by atoms with E-state index in [9.17, 15) is 13.2 Å². The van der Waals surface area contributed by atoms with Crippen LogP contribution in [0.15, 0.2) is 0 Å². The first-order valence-electron chi connectivity index (χ1n) is 5.15. The Hall–Kier alpha value is -0.420. The fourth-order valence-electron chi connectivity index (χ4n) is 1.90. The summed E-state index contributed by atoms with van der Waals surface area (Å²) in [5.41, 5.74) is -0.474. The fraction of sp³-hybridized carbons (Fsp3) is 0.900. The third kappa shape index (κ3) is 2.78. The molecule has 1 heterocycles. The molecule has 15 heavy (non-hydrogen) atoms. The molecule has 0 bridgehead atoms. The standard InChI is InChI=1S/C10H19NO3S/c1-10(2,3)9(12)8-6-5-7-11(8)15(4,13)14/h8H,5-7H2,1-4H3/t8-/m0/s1. The predicted octanol–water partition coefficient (Wildman–Crippen LogP) is 1.03. The van der Waals surface area contributed by atoms with Crippen molar-refractivity contribution in [1.82, 2.24) is 4.31 Å². The smallest absolute Gasteiger partial charge is 0.211 e. The van der Waals surface area contributed by atoms with Crippen LogP contribution in [0.2, 0.25) is 0 Å². The molecule has 0 aromatic carbocycles. The Morgan fingerprint density at radius 1 is 1.33 bits per heavy atom. The van der Waals surface area contributed by atoms with Crippen molar-refractivity contribution >= 4 is 15.8 Å². The van der Waals surface area contributed by atoms with Gasteiger partial charge >= 0.3 is 0 Å². The van der Waals surface area contributed by atoms with Crippen molar-refractivity contribution < 1.29 is 13.2 Å². The molecule has 1 rings (SSSR count). The summed E-state index contributed by atoms with van der Waals surface area (Å²) in [6, 6.07) is -0.444. The Morgan fingerprint density at radius 2 is 1.87 bits per heavy atom. The number of rotatable bonds is 2. The van der Waals surface area contributed by atoms with Crippen LogP contribution in [0.5, 0.6) is 0 Å². The van der Waals surface area contributed by atoms with Crippen molar-refractivity contribution in [3.8, 4) is 0 Å². The van der Waals surface area contributed by atoms with Gasteiger partial charge in [0.05, 0.1) is 12.3 Å². The highest BCUT2D eigenvalue weighted by Gasteiger charge is 2.40. The quantitative estimate of drug-likeness (QED) is 0.715. The van der Waals surface area contributed by atoms with Crippen LogP contribution >= 0.6 is 0 Å². The van der Waals surface area contributed by atoms with Gasteiger partial charge in [-0.3, -0.25) is 4.79 Å². The van der Waals surface area contributed by atoms with Gasteiger partial charge in [-0.2, -0.15) is 4.31 Å². The molecule has 0 radical (unpaired) electrons. The summed E-state index contributed by atoms with van der Waals surface area (Å²) >= 11 is 0. The minimum atomic E-state index is -3.24. The van der Waals surface area contributed by atoms with E-state index in [0.717, 1.165) is 6.42 Å². The highest BCUT2D eigenvalue weighted by Crippen LogP contribution is 2.28. The summed E-state index contributed by atoms with van der Waals surface area (Å²) in [5, 5.41) is 0. The second-order valence-electron chi connectivity index (χ2n) is 5.15. The van der Waals surface area contributed by atoms with Crippen molar-refractivity contribution in [2.75, 3.05) is 12.8 Å². The van der Waals surface area contributed by atoms with E-state index in [1.807, 2.05) is 20.8 Å². The number of ketones is 1. The van der Waals surface area contributed by atoms with Crippen LogP contribution in [0.25, 0.3) is 0 Å². The molecule has 1 aliphatic heterocycles. The molecule has 1 aliphatic rings. The van der Waals surface area contributed by atoms with E-state index in [2.05, 4.69) is 0 Å². The maximum absolute atomic E-state index is 12.0. The van der Waals surface area contributed by atoms with Gasteiger partial charge in [0.15, 0.2) is 5.78 Å². The van der Waals surface area contributed by atoms with E-state index in [0.29, 0.717) is 13.0 Å². The third-order valence-electron chi connectivity index (χ3n) is 2.67. The van der Waals surface area contributed by atoms with Crippen molar-refractivity contribution in [3.05, 3.63) is 0 Å². The zero-order valence-corrected chi connectivity index (χ0v) is 10.6. The van der Waals surface area contributed by atoms with E-state index in [1.165, 1.54) is 10.6 Å². The van der Waals surface area contributed by atoms with Gasteiger partial charge in [0.1, 0.15) is 0 Å². The maximum Gasteiger partial charge on any atom is 0.211 e. The third-order valence-corrected chi connectivity index (χ3v) is 3.96. The molecule has 0 amide bonds. The van der Waals surface area contributed by atoms with Crippen LogP contribution in [-0.4, -0.2) is 37.3 Å². The van der Waals surface area contributed by atoms with Crippen LogP contribution in [0.1, 0.15) is 33.6 Å². The van der Waals surface area contributed by atoms with Gasteiger partial charge in [-0.1, -0.05) is 20.8 Å². The molecule has 5 heteroatoms. The molecule has 0 aromatic rings. The minimum Gasteiger partial charge on any atom is -0.297 e. The first-order chi connectivity index (χ1) is 6.64.